The normalized spacial score (nSPS) is 13.8. The molecule has 0 unspecified atom stereocenters. The van der Waals surface area contributed by atoms with Crippen molar-refractivity contribution >= 4 is 5.97 Å². The first-order valence-corrected chi connectivity index (χ1v) is 8.73. The van der Waals surface area contributed by atoms with Crippen LogP contribution in [0.3, 0.4) is 0 Å². The lowest BCUT2D eigenvalue weighted by atomic mass is 9.96. The Morgan fingerprint density at radius 2 is 1.36 bits per heavy atom. The lowest BCUT2D eigenvalue weighted by Crippen LogP contribution is -2.18. The highest BCUT2D eigenvalue weighted by atomic mass is 16.5. The summed E-state index contributed by atoms with van der Waals surface area (Å²) in [6.45, 7) is 2.02. The Kier molecular flexibility index (Phi) is 4.10. The molecular weight excluding hydrogens is 308 g/mol. The number of carbonyl (C=O) groups is 1. The molecule has 0 saturated carbocycles. The van der Waals surface area contributed by atoms with Crippen molar-refractivity contribution in [1.82, 2.24) is 0 Å². The molecule has 0 aliphatic heterocycles. The third kappa shape index (κ3) is 2.74. The van der Waals surface area contributed by atoms with Gasteiger partial charge in [-0.05, 0) is 23.1 Å². The van der Waals surface area contributed by atoms with Crippen LogP contribution in [0.1, 0.15) is 42.1 Å². The molecule has 0 radical (unpaired) electrons. The Balaban J connectivity index is 1.67. The summed E-state index contributed by atoms with van der Waals surface area (Å²) < 4.78 is 6.03. The summed E-state index contributed by atoms with van der Waals surface area (Å²) in [6.07, 6.45) is 0.399. The van der Waals surface area contributed by atoms with E-state index in [4.69, 9.17) is 4.74 Å². The van der Waals surface area contributed by atoms with E-state index < -0.39 is 0 Å². The van der Waals surface area contributed by atoms with Crippen molar-refractivity contribution in [2.75, 3.05) is 0 Å². The first-order chi connectivity index (χ1) is 12.3. The van der Waals surface area contributed by atoms with Crippen LogP contribution in [-0.2, 0) is 9.53 Å². The first-order valence-electron chi connectivity index (χ1n) is 8.73. The van der Waals surface area contributed by atoms with E-state index in [2.05, 4.69) is 24.3 Å². The van der Waals surface area contributed by atoms with Crippen molar-refractivity contribution in [1.29, 1.82) is 0 Å². The molecule has 0 bridgehead atoms. The van der Waals surface area contributed by atoms with Crippen molar-refractivity contribution in [2.24, 2.45) is 0 Å². The van der Waals surface area contributed by atoms with Crippen molar-refractivity contribution in [3.63, 3.8) is 0 Å². The summed E-state index contributed by atoms with van der Waals surface area (Å²) in [7, 11) is 0. The van der Waals surface area contributed by atoms with Gasteiger partial charge in [0, 0.05) is 11.1 Å². The fourth-order valence-corrected chi connectivity index (χ4v) is 3.66. The standard InChI is InChI=1S/C23H20O2/c1-2-17(16-10-4-3-5-11-16)23(24)25-22-20-14-8-6-12-18(20)19-13-7-9-15-21(19)22/h3-15,17,22H,2H2,1H3/t17-/m1/s1. The van der Waals surface area contributed by atoms with E-state index in [-0.39, 0.29) is 18.0 Å². The predicted molar refractivity (Wildman–Crippen MR) is 99.3 cm³/mol. The molecular formula is C23H20O2. The average Bonchev–Trinajstić information content (AvgIpc) is 2.98. The molecule has 1 aliphatic carbocycles. The van der Waals surface area contributed by atoms with Crippen LogP contribution in [0.5, 0.6) is 0 Å². The van der Waals surface area contributed by atoms with Crippen LogP contribution in [-0.4, -0.2) is 5.97 Å². The second-order valence-corrected chi connectivity index (χ2v) is 6.36. The van der Waals surface area contributed by atoms with E-state index in [9.17, 15) is 4.79 Å². The van der Waals surface area contributed by atoms with Gasteiger partial charge < -0.3 is 4.74 Å². The van der Waals surface area contributed by atoms with Crippen LogP contribution >= 0.6 is 0 Å². The van der Waals surface area contributed by atoms with Gasteiger partial charge in [-0.2, -0.15) is 0 Å². The van der Waals surface area contributed by atoms with E-state index >= 15 is 0 Å². The van der Waals surface area contributed by atoms with Gasteiger partial charge in [-0.15, -0.1) is 0 Å². The zero-order valence-corrected chi connectivity index (χ0v) is 14.2. The van der Waals surface area contributed by atoms with E-state index in [0.29, 0.717) is 0 Å². The molecule has 4 rings (SSSR count). The molecule has 0 heterocycles. The van der Waals surface area contributed by atoms with E-state index in [1.165, 1.54) is 0 Å². The zero-order chi connectivity index (χ0) is 17.2. The molecule has 25 heavy (non-hydrogen) atoms. The van der Waals surface area contributed by atoms with Gasteiger partial charge in [0.15, 0.2) is 6.10 Å². The van der Waals surface area contributed by atoms with Gasteiger partial charge >= 0.3 is 5.97 Å². The van der Waals surface area contributed by atoms with Crippen molar-refractivity contribution in [3.05, 3.63) is 95.6 Å². The maximum atomic E-state index is 12.9. The van der Waals surface area contributed by atoms with Gasteiger partial charge in [-0.25, -0.2) is 0 Å². The smallest absolute Gasteiger partial charge is 0.314 e. The molecule has 0 fully saturated rings. The van der Waals surface area contributed by atoms with Crippen LogP contribution in [0.25, 0.3) is 11.1 Å². The molecule has 2 heteroatoms. The molecule has 2 nitrogen and oxygen atoms in total. The molecule has 1 atom stereocenters. The van der Waals surface area contributed by atoms with Gasteiger partial charge in [-0.3, -0.25) is 4.79 Å². The molecule has 1 aliphatic rings. The number of fused-ring (bicyclic) bond motifs is 3. The fourth-order valence-electron chi connectivity index (χ4n) is 3.66. The van der Waals surface area contributed by atoms with Crippen LogP contribution in [0.4, 0.5) is 0 Å². The van der Waals surface area contributed by atoms with Gasteiger partial charge in [0.2, 0.25) is 0 Å². The maximum absolute atomic E-state index is 12.9. The molecule has 0 aromatic heterocycles. The summed E-state index contributed by atoms with van der Waals surface area (Å²) in [5, 5.41) is 0. The quantitative estimate of drug-likeness (QED) is 0.592. The molecule has 0 N–H and O–H groups in total. The van der Waals surface area contributed by atoms with Gasteiger partial charge in [-0.1, -0.05) is 85.8 Å². The number of hydrogen-bond acceptors (Lipinski definition) is 2. The van der Waals surface area contributed by atoms with Crippen LogP contribution in [0.2, 0.25) is 0 Å². The van der Waals surface area contributed by atoms with Crippen LogP contribution < -0.4 is 0 Å². The fraction of sp³-hybridized carbons (Fsp3) is 0.174. The Hall–Kier alpha value is -2.87. The monoisotopic (exact) mass is 328 g/mol. The highest BCUT2D eigenvalue weighted by molar-refractivity contribution is 5.82. The molecule has 0 spiro atoms. The van der Waals surface area contributed by atoms with Gasteiger partial charge in [0.05, 0.1) is 5.92 Å². The number of ether oxygens (including phenoxy) is 1. The SMILES string of the molecule is CC[C@@H](C(=O)OC1c2ccccc2-c2ccccc21)c1ccccc1. The Bertz CT molecular complexity index is 853. The topological polar surface area (TPSA) is 26.3 Å². The number of benzene rings is 3. The Labute approximate surface area is 148 Å². The lowest BCUT2D eigenvalue weighted by Gasteiger charge is -2.20. The van der Waals surface area contributed by atoms with Crippen molar-refractivity contribution in [2.45, 2.75) is 25.4 Å². The minimum Gasteiger partial charge on any atom is -0.452 e. The average molecular weight is 328 g/mol. The minimum atomic E-state index is -0.322. The summed E-state index contributed by atoms with van der Waals surface area (Å²) in [6, 6.07) is 26.2. The molecule has 3 aromatic rings. The Morgan fingerprint density at radius 3 is 1.92 bits per heavy atom. The summed E-state index contributed by atoms with van der Waals surface area (Å²) in [4.78, 5) is 12.9. The molecule has 0 saturated heterocycles. The third-order valence-electron chi connectivity index (χ3n) is 4.91. The van der Waals surface area contributed by atoms with E-state index in [1.54, 1.807) is 0 Å². The number of esters is 1. The van der Waals surface area contributed by atoms with E-state index in [1.807, 2.05) is 61.5 Å². The summed E-state index contributed by atoms with van der Waals surface area (Å²) in [5.41, 5.74) is 5.46. The lowest BCUT2D eigenvalue weighted by molar-refractivity contribution is -0.149. The molecule has 3 aromatic carbocycles. The van der Waals surface area contributed by atoms with Gasteiger partial charge in [0.1, 0.15) is 0 Å². The highest BCUT2D eigenvalue weighted by Gasteiger charge is 2.33. The Morgan fingerprint density at radius 1 is 0.840 bits per heavy atom. The van der Waals surface area contributed by atoms with Crippen molar-refractivity contribution in [3.8, 4) is 11.1 Å². The number of carbonyl (C=O) groups excluding carboxylic acids is 1. The summed E-state index contributed by atoms with van der Waals surface area (Å²) in [5.74, 6) is -0.397. The maximum Gasteiger partial charge on any atom is 0.314 e. The second kappa shape index (κ2) is 6.56. The zero-order valence-electron chi connectivity index (χ0n) is 14.2. The van der Waals surface area contributed by atoms with Crippen LogP contribution in [0, 0.1) is 0 Å². The van der Waals surface area contributed by atoms with E-state index in [0.717, 1.165) is 34.2 Å². The highest BCUT2D eigenvalue weighted by Crippen LogP contribution is 2.45. The minimum absolute atomic E-state index is 0.162. The largest absolute Gasteiger partial charge is 0.452 e. The second-order valence-electron chi connectivity index (χ2n) is 6.36. The first kappa shape index (κ1) is 15.6. The molecule has 0 amide bonds. The third-order valence-corrected chi connectivity index (χ3v) is 4.91. The number of rotatable bonds is 4. The number of hydrogen-bond donors (Lipinski definition) is 0. The van der Waals surface area contributed by atoms with Crippen molar-refractivity contribution < 1.29 is 9.53 Å². The molecule has 124 valence electrons. The summed E-state index contributed by atoms with van der Waals surface area (Å²) >= 11 is 0. The van der Waals surface area contributed by atoms with Gasteiger partial charge in [0.25, 0.3) is 0 Å². The predicted octanol–water partition coefficient (Wildman–Crippen LogP) is 5.49. The van der Waals surface area contributed by atoms with Crippen LogP contribution in [0.15, 0.2) is 78.9 Å².